The second-order valence-electron chi connectivity index (χ2n) is 7.11. The van der Waals surface area contributed by atoms with E-state index in [0.717, 1.165) is 17.0 Å². The van der Waals surface area contributed by atoms with Crippen LogP contribution >= 0.6 is 0 Å². The number of nitrogens with one attached hydrogen (secondary N) is 1. The highest BCUT2D eigenvalue weighted by Crippen LogP contribution is 2.25. The maximum Gasteiger partial charge on any atom is 0.267 e. The van der Waals surface area contributed by atoms with E-state index in [4.69, 9.17) is 9.26 Å². The molecule has 0 fully saturated rings. The molecule has 154 valence electrons. The molecule has 1 N–H and O–H groups in total. The first-order chi connectivity index (χ1) is 14.5. The molecule has 0 bridgehead atoms. The van der Waals surface area contributed by atoms with E-state index < -0.39 is 5.91 Å². The molecule has 0 aliphatic heterocycles. The van der Waals surface area contributed by atoms with Crippen molar-refractivity contribution in [1.82, 2.24) is 9.72 Å². The fourth-order valence-electron chi connectivity index (χ4n) is 3.01. The van der Waals surface area contributed by atoms with Crippen LogP contribution in [0.25, 0.3) is 6.08 Å². The fraction of sp³-hybridized carbons (Fsp3) is 0.261. The molecule has 3 rings (SSSR count). The van der Waals surface area contributed by atoms with Crippen LogP contribution in [0.2, 0.25) is 0 Å². The van der Waals surface area contributed by atoms with Crippen molar-refractivity contribution in [3.63, 3.8) is 0 Å². The van der Waals surface area contributed by atoms with Crippen LogP contribution in [-0.4, -0.2) is 22.2 Å². The van der Waals surface area contributed by atoms with Gasteiger partial charge >= 0.3 is 0 Å². The third-order valence-corrected chi connectivity index (χ3v) is 4.52. The van der Waals surface area contributed by atoms with E-state index in [2.05, 4.69) is 30.4 Å². The van der Waals surface area contributed by atoms with Crippen LogP contribution in [0, 0.1) is 18.3 Å². The Kier molecular flexibility index (Phi) is 6.71. The number of aromatic nitrogens is 2. The van der Waals surface area contributed by atoms with Crippen molar-refractivity contribution in [1.29, 1.82) is 5.26 Å². The van der Waals surface area contributed by atoms with Crippen LogP contribution in [0.1, 0.15) is 36.8 Å². The normalized spacial score (nSPS) is 11.4. The zero-order valence-electron chi connectivity index (χ0n) is 17.3. The van der Waals surface area contributed by atoms with Crippen LogP contribution in [0.15, 0.2) is 58.8 Å². The molecule has 1 amide bonds. The highest BCUT2D eigenvalue weighted by atomic mass is 16.5. The van der Waals surface area contributed by atoms with Gasteiger partial charge in [-0.05, 0) is 42.7 Å². The van der Waals surface area contributed by atoms with E-state index in [0.29, 0.717) is 24.8 Å². The van der Waals surface area contributed by atoms with E-state index >= 15 is 0 Å². The van der Waals surface area contributed by atoms with Crippen molar-refractivity contribution < 1.29 is 14.1 Å². The van der Waals surface area contributed by atoms with Crippen LogP contribution < -0.4 is 10.1 Å². The van der Waals surface area contributed by atoms with Gasteiger partial charge in [-0.1, -0.05) is 37.2 Å². The number of ether oxygens (including phenoxy) is 1. The van der Waals surface area contributed by atoms with Crippen LogP contribution in [0.5, 0.6) is 5.75 Å². The Morgan fingerprint density at radius 2 is 2.13 bits per heavy atom. The number of aryl methyl sites for hydroxylation is 1. The summed E-state index contributed by atoms with van der Waals surface area (Å²) in [5.74, 6) is 1.54. The molecule has 3 aromatic rings. The summed E-state index contributed by atoms with van der Waals surface area (Å²) >= 11 is 0. The molecular weight excluding hydrogens is 380 g/mol. The maximum atomic E-state index is 12.4. The summed E-state index contributed by atoms with van der Waals surface area (Å²) < 4.78 is 12.8. The standard InChI is InChI=1S/C23H24N4O3/c1-16(2)20-8-4-5-9-21(20)29-12-11-27-10-6-7-19(27)14-18(15-24)23(28)25-22-13-17(3)30-26-22/h4-10,13-14,16H,11-12H2,1-3H3,(H,25,26,28)/b18-14-. The summed E-state index contributed by atoms with van der Waals surface area (Å²) in [5, 5.41) is 15.7. The van der Waals surface area contributed by atoms with Gasteiger partial charge in [-0.2, -0.15) is 5.26 Å². The monoisotopic (exact) mass is 404 g/mol. The third kappa shape index (κ3) is 5.17. The molecule has 7 heteroatoms. The minimum Gasteiger partial charge on any atom is -0.491 e. The van der Waals surface area contributed by atoms with Gasteiger partial charge in [0.2, 0.25) is 0 Å². The van der Waals surface area contributed by atoms with Gasteiger partial charge in [0.05, 0.1) is 6.54 Å². The lowest BCUT2D eigenvalue weighted by Gasteiger charge is -2.14. The molecule has 2 aromatic heterocycles. The molecule has 1 aromatic carbocycles. The number of hydrogen-bond donors (Lipinski definition) is 1. The van der Waals surface area contributed by atoms with Crippen molar-refractivity contribution in [2.24, 2.45) is 0 Å². The number of amides is 1. The van der Waals surface area contributed by atoms with Crippen molar-refractivity contribution in [2.45, 2.75) is 33.2 Å². The topological polar surface area (TPSA) is 93.1 Å². The number of benzene rings is 1. The molecule has 0 spiro atoms. The van der Waals surface area contributed by atoms with Gasteiger partial charge in [-0.15, -0.1) is 0 Å². The van der Waals surface area contributed by atoms with E-state index in [1.54, 1.807) is 19.1 Å². The summed E-state index contributed by atoms with van der Waals surface area (Å²) in [5.41, 5.74) is 1.87. The second kappa shape index (κ2) is 9.61. The Morgan fingerprint density at radius 1 is 1.33 bits per heavy atom. The lowest BCUT2D eigenvalue weighted by atomic mass is 10.0. The average molecular weight is 404 g/mol. The van der Waals surface area contributed by atoms with Gasteiger partial charge < -0.3 is 19.1 Å². The average Bonchev–Trinajstić information content (AvgIpc) is 3.34. The number of rotatable bonds is 8. The first-order valence-corrected chi connectivity index (χ1v) is 9.71. The first-order valence-electron chi connectivity index (χ1n) is 9.71. The van der Waals surface area contributed by atoms with Crippen molar-refractivity contribution in [3.8, 4) is 11.8 Å². The molecule has 7 nitrogen and oxygen atoms in total. The van der Waals surface area contributed by atoms with Crippen molar-refractivity contribution in [3.05, 3.63) is 71.3 Å². The molecule has 2 heterocycles. The number of nitrogens with zero attached hydrogens (tertiary/aromatic N) is 3. The molecule has 0 aliphatic carbocycles. The molecule has 0 aliphatic rings. The Balaban J connectivity index is 1.67. The third-order valence-electron chi connectivity index (χ3n) is 4.52. The van der Waals surface area contributed by atoms with E-state index in [1.165, 1.54) is 0 Å². The number of nitriles is 1. The summed E-state index contributed by atoms with van der Waals surface area (Å²) in [7, 11) is 0. The number of anilines is 1. The van der Waals surface area contributed by atoms with Gasteiger partial charge in [0.1, 0.15) is 29.8 Å². The zero-order valence-corrected chi connectivity index (χ0v) is 17.3. The lowest BCUT2D eigenvalue weighted by Crippen LogP contribution is -2.14. The van der Waals surface area contributed by atoms with Crippen LogP contribution in [0.4, 0.5) is 5.82 Å². The van der Waals surface area contributed by atoms with Crippen molar-refractivity contribution >= 4 is 17.8 Å². The summed E-state index contributed by atoms with van der Waals surface area (Å²) in [6, 6.07) is 15.2. The van der Waals surface area contributed by atoms with Gasteiger partial charge in [0.25, 0.3) is 5.91 Å². The zero-order chi connectivity index (χ0) is 21.5. The fourth-order valence-corrected chi connectivity index (χ4v) is 3.01. The largest absolute Gasteiger partial charge is 0.491 e. The Labute approximate surface area is 175 Å². The molecule has 0 atom stereocenters. The molecule has 30 heavy (non-hydrogen) atoms. The van der Waals surface area contributed by atoms with E-state index in [9.17, 15) is 10.1 Å². The van der Waals surface area contributed by atoms with Crippen LogP contribution in [-0.2, 0) is 11.3 Å². The molecular formula is C23H24N4O3. The molecule has 0 saturated carbocycles. The number of hydrogen-bond acceptors (Lipinski definition) is 5. The number of para-hydroxylation sites is 1. The second-order valence-corrected chi connectivity index (χ2v) is 7.11. The molecule has 0 unspecified atom stereocenters. The summed E-state index contributed by atoms with van der Waals surface area (Å²) in [6.45, 7) is 7.02. The van der Waals surface area contributed by atoms with Gasteiger partial charge in [0, 0.05) is 18.0 Å². The predicted octanol–water partition coefficient (Wildman–Crippen LogP) is 4.53. The minimum atomic E-state index is -0.541. The van der Waals surface area contributed by atoms with Crippen LogP contribution in [0.3, 0.4) is 0 Å². The Morgan fingerprint density at radius 3 is 2.83 bits per heavy atom. The minimum absolute atomic E-state index is 0.0262. The molecule has 0 radical (unpaired) electrons. The maximum absolute atomic E-state index is 12.4. The SMILES string of the molecule is Cc1cc(NC(=O)/C(C#N)=C\c2cccn2CCOc2ccccc2C(C)C)no1. The number of carbonyl (C=O) groups excluding carboxylic acids is 1. The Hall–Kier alpha value is -3.79. The van der Waals surface area contributed by atoms with Gasteiger partial charge in [-0.3, -0.25) is 4.79 Å². The van der Waals surface area contributed by atoms with E-state index in [1.807, 2.05) is 47.2 Å². The van der Waals surface area contributed by atoms with E-state index in [-0.39, 0.29) is 11.4 Å². The van der Waals surface area contributed by atoms with Crippen molar-refractivity contribution in [2.75, 3.05) is 11.9 Å². The quantitative estimate of drug-likeness (QED) is 0.440. The smallest absolute Gasteiger partial charge is 0.267 e. The first kappa shape index (κ1) is 20.9. The molecule has 0 saturated heterocycles. The highest BCUT2D eigenvalue weighted by Gasteiger charge is 2.13. The lowest BCUT2D eigenvalue weighted by molar-refractivity contribution is -0.112. The summed E-state index contributed by atoms with van der Waals surface area (Å²) in [4.78, 5) is 12.4. The summed E-state index contributed by atoms with van der Waals surface area (Å²) in [6.07, 6.45) is 3.43. The predicted molar refractivity (Wildman–Crippen MR) is 114 cm³/mol. The Bertz CT molecular complexity index is 1090. The highest BCUT2D eigenvalue weighted by molar-refractivity contribution is 6.09. The van der Waals surface area contributed by atoms with Gasteiger partial charge in [-0.25, -0.2) is 0 Å². The number of carbonyl (C=O) groups is 1. The van der Waals surface area contributed by atoms with Gasteiger partial charge in [0.15, 0.2) is 5.82 Å².